The first kappa shape index (κ1) is 14.5. The number of benzene rings is 2. The molecule has 0 heterocycles. The Hall–Kier alpha value is -1.88. The van der Waals surface area contributed by atoms with E-state index in [1.54, 1.807) is 0 Å². The third-order valence-electron chi connectivity index (χ3n) is 2.99. The number of hydrogen-bond donors (Lipinski definition) is 1. The summed E-state index contributed by atoms with van der Waals surface area (Å²) in [5.74, 6) is -3.15. The van der Waals surface area contributed by atoms with Gasteiger partial charge in [-0.3, -0.25) is 0 Å². The van der Waals surface area contributed by atoms with Crippen molar-refractivity contribution in [1.82, 2.24) is 0 Å². The van der Waals surface area contributed by atoms with Gasteiger partial charge in [-0.05, 0) is 36.2 Å². The van der Waals surface area contributed by atoms with E-state index in [1.807, 2.05) is 0 Å². The van der Waals surface area contributed by atoms with Crippen LogP contribution in [0, 0.1) is 30.2 Å². The first-order valence-electron chi connectivity index (χ1n) is 5.95. The molecule has 2 aromatic carbocycles. The fraction of sp³-hybridized carbons (Fsp3) is 0.200. The smallest absolute Gasteiger partial charge is 0.131 e. The number of rotatable bonds is 3. The summed E-state index contributed by atoms with van der Waals surface area (Å²) >= 11 is 0. The summed E-state index contributed by atoms with van der Waals surface area (Å²) in [4.78, 5) is 0. The van der Waals surface area contributed by atoms with Crippen LogP contribution in [0.5, 0.6) is 0 Å². The summed E-state index contributed by atoms with van der Waals surface area (Å²) in [7, 11) is 0. The Balaban J connectivity index is 2.28. The van der Waals surface area contributed by atoms with E-state index >= 15 is 0 Å². The molecule has 2 rings (SSSR count). The lowest BCUT2D eigenvalue weighted by Gasteiger charge is -2.13. The largest absolute Gasteiger partial charge is 0.388 e. The van der Waals surface area contributed by atoms with Gasteiger partial charge in [-0.25, -0.2) is 17.6 Å². The quantitative estimate of drug-likeness (QED) is 0.849. The molecular formula is C15H12F4O. The summed E-state index contributed by atoms with van der Waals surface area (Å²) < 4.78 is 52.8. The maximum Gasteiger partial charge on any atom is 0.131 e. The number of aliphatic hydroxyl groups excluding tert-OH is 1. The van der Waals surface area contributed by atoms with Crippen LogP contribution in [-0.4, -0.2) is 5.11 Å². The molecule has 2 aromatic rings. The molecule has 0 aliphatic carbocycles. The van der Waals surface area contributed by atoms with Gasteiger partial charge in [0.15, 0.2) is 0 Å². The van der Waals surface area contributed by atoms with Crippen LogP contribution in [0.1, 0.15) is 22.8 Å². The number of aryl methyl sites for hydroxylation is 1. The Morgan fingerprint density at radius 3 is 2.10 bits per heavy atom. The van der Waals surface area contributed by atoms with Crippen molar-refractivity contribution < 1.29 is 22.7 Å². The van der Waals surface area contributed by atoms with E-state index in [1.165, 1.54) is 13.0 Å². The van der Waals surface area contributed by atoms with Gasteiger partial charge >= 0.3 is 0 Å². The van der Waals surface area contributed by atoms with Crippen LogP contribution >= 0.6 is 0 Å². The second-order valence-electron chi connectivity index (χ2n) is 4.62. The van der Waals surface area contributed by atoms with Crippen molar-refractivity contribution in [1.29, 1.82) is 0 Å². The molecule has 0 bridgehead atoms. The fourth-order valence-electron chi connectivity index (χ4n) is 2.00. The van der Waals surface area contributed by atoms with Crippen LogP contribution in [0.4, 0.5) is 17.6 Å². The van der Waals surface area contributed by atoms with E-state index in [0.29, 0.717) is 12.1 Å². The zero-order chi connectivity index (χ0) is 14.9. The Labute approximate surface area is 113 Å². The highest BCUT2D eigenvalue weighted by Gasteiger charge is 2.16. The van der Waals surface area contributed by atoms with E-state index < -0.39 is 29.4 Å². The minimum absolute atomic E-state index is 0.103. The fourth-order valence-corrected chi connectivity index (χ4v) is 2.00. The van der Waals surface area contributed by atoms with Crippen molar-refractivity contribution in [2.75, 3.05) is 0 Å². The molecular weight excluding hydrogens is 272 g/mol. The van der Waals surface area contributed by atoms with Gasteiger partial charge in [0.2, 0.25) is 0 Å². The summed E-state index contributed by atoms with van der Waals surface area (Å²) in [6, 6.07) is 4.69. The summed E-state index contributed by atoms with van der Waals surface area (Å²) in [6.45, 7) is 1.44. The molecule has 0 aliphatic heterocycles. The second kappa shape index (κ2) is 5.63. The summed E-state index contributed by atoms with van der Waals surface area (Å²) in [5.41, 5.74) is 0.274. The van der Waals surface area contributed by atoms with Crippen molar-refractivity contribution in [3.63, 3.8) is 0 Å². The predicted molar refractivity (Wildman–Crippen MR) is 66.1 cm³/mol. The van der Waals surface area contributed by atoms with Gasteiger partial charge in [-0.1, -0.05) is 0 Å². The predicted octanol–water partition coefficient (Wildman–Crippen LogP) is 3.83. The third-order valence-corrected chi connectivity index (χ3v) is 2.99. The maximum atomic E-state index is 13.6. The number of aliphatic hydroxyl groups is 1. The van der Waals surface area contributed by atoms with Gasteiger partial charge in [0.1, 0.15) is 23.3 Å². The lowest BCUT2D eigenvalue weighted by atomic mass is 9.99. The lowest BCUT2D eigenvalue weighted by molar-refractivity contribution is 0.173. The molecule has 0 saturated heterocycles. The van der Waals surface area contributed by atoms with Gasteiger partial charge in [-0.15, -0.1) is 0 Å². The van der Waals surface area contributed by atoms with E-state index in [4.69, 9.17) is 0 Å². The van der Waals surface area contributed by atoms with Gasteiger partial charge < -0.3 is 5.11 Å². The van der Waals surface area contributed by atoms with Gasteiger partial charge in [0.05, 0.1) is 6.10 Å². The monoisotopic (exact) mass is 284 g/mol. The Morgan fingerprint density at radius 1 is 0.900 bits per heavy atom. The maximum absolute atomic E-state index is 13.6. The first-order valence-corrected chi connectivity index (χ1v) is 5.95. The molecule has 5 heteroatoms. The lowest BCUT2D eigenvalue weighted by Crippen LogP contribution is -2.06. The number of hydrogen-bond acceptors (Lipinski definition) is 1. The molecule has 0 aromatic heterocycles. The summed E-state index contributed by atoms with van der Waals surface area (Å²) in [5, 5.41) is 9.94. The van der Waals surface area contributed by atoms with Crippen LogP contribution in [-0.2, 0) is 6.42 Å². The molecule has 0 fully saturated rings. The molecule has 1 atom stereocenters. The molecule has 0 aliphatic rings. The Kier molecular flexibility index (Phi) is 4.09. The molecule has 0 amide bonds. The average molecular weight is 284 g/mol. The van der Waals surface area contributed by atoms with Crippen LogP contribution < -0.4 is 0 Å². The normalized spacial score (nSPS) is 12.5. The zero-order valence-corrected chi connectivity index (χ0v) is 10.6. The molecule has 0 saturated carbocycles. The minimum atomic E-state index is -1.31. The van der Waals surface area contributed by atoms with Gasteiger partial charge in [0.25, 0.3) is 0 Å². The standard InChI is InChI=1S/C15H12F4O/c1-8-2-12(14(19)7-13(8)18)15(20)5-9-3-10(16)6-11(17)4-9/h2-4,6-7,15,20H,5H2,1H3. The summed E-state index contributed by atoms with van der Waals surface area (Å²) in [6.07, 6.45) is -1.48. The molecule has 106 valence electrons. The van der Waals surface area contributed by atoms with Gasteiger partial charge in [-0.2, -0.15) is 0 Å². The SMILES string of the molecule is Cc1cc(C(O)Cc2cc(F)cc(F)c2)c(F)cc1F. The van der Waals surface area contributed by atoms with Gasteiger partial charge in [0, 0.05) is 24.1 Å². The van der Waals surface area contributed by atoms with Crippen molar-refractivity contribution in [2.45, 2.75) is 19.4 Å². The van der Waals surface area contributed by atoms with E-state index in [9.17, 15) is 22.7 Å². The Bertz CT molecular complexity index is 620. The molecule has 1 nitrogen and oxygen atoms in total. The van der Waals surface area contributed by atoms with Crippen molar-refractivity contribution in [3.05, 3.63) is 70.3 Å². The van der Waals surface area contributed by atoms with Crippen LogP contribution in [0.3, 0.4) is 0 Å². The molecule has 1 unspecified atom stereocenters. The zero-order valence-electron chi connectivity index (χ0n) is 10.6. The average Bonchev–Trinajstić information content (AvgIpc) is 2.32. The Morgan fingerprint density at radius 2 is 1.50 bits per heavy atom. The molecule has 20 heavy (non-hydrogen) atoms. The topological polar surface area (TPSA) is 20.2 Å². The molecule has 0 radical (unpaired) electrons. The van der Waals surface area contributed by atoms with E-state index in [2.05, 4.69) is 0 Å². The van der Waals surface area contributed by atoms with E-state index in [-0.39, 0.29) is 23.1 Å². The van der Waals surface area contributed by atoms with Crippen LogP contribution in [0.2, 0.25) is 0 Å². The highest BCUT2D eigenvalue weighted by molar-refractivity contribution is 5.29. The molecule has 1 N–H and O–H groups in total. The van der Waals surface area contributed by atoms with Crippen molar-refractivity contribution >= 4 is 0 Å². The van der Waals surface area contributed by atoms with Crippen LogP contribution in [0.15, 0.2) is 30.3 Å². The van der Waals surface area contributed by atoms with E-state index in [0.717, 1.165) is 12.1 Å². The highest BCUT2D eigenvalue weighted by Crippen LogP contribution is 2.24. The third kappa shape index (κ3) is 3.17. The van der Waals surface area contributed by atoms with Crippen molar-refractivity contribution in [2.24, 2.45) is 0 Å². The second-order valence-corrected chi connectivity index (χ2v) is 4.62. The molecule has 0 spiro atoms. The minimum Gasteiger partial charge on any atom is -0.388 e. The number of halogens is 4. The highest BCUT2D eigenvalue weighted by atomic mass is 19.1. The van der Waals surface area contributed by atoms with Crippen LogP contribution in [0.25, 0.3) is 0 Å². The van der Waals surface area contributed by atoms with Crippen molar-refractivity contribution in [3.8, 4) is 0 Å². The first-order chi connectivity index (χ1) is 9.36.